The molecule has 0 saturated carbocycles. The van der Waals surface area contributed by atoms with Crippen molar-refractivity contribution in [2.24, 2.45) is 0 Å². The third-order valence-corrected chi connectivity index (χ3v) is 6.73. The lowest BCUT2D eigenvalue weighted by Gasteiger charge is -2.19. The van der Waals surface area contributed by atoms with Gasteiger partial charge < -0.3 is 35.3 Å². The zero-order chi connectivity index (χ0) is 32.9. The van der Waals surface area contributed by atoms with Gasteiger partial charge in [-0.1, -0.05) is 30.7 Å². The minimum atomic E-state index is -1.13. The molecule has 0 spiro atoms. The standard InChI is InChI=1S/C30H34ClN5O9/c1-3-21(15-44-26(41)9-7-24(37)38)34-30-33-13-17(2)28(36-30)19-12-22(32-14-19)29(43)35-23(18-5-4-6-20(31)11-18)16-45-27(42)10-8-25(39)40/h4-6,11-14,21,23,32H,3,7-10,15-16H2,1-2H3,(H,35,43)(H,37,38)(H,39,40)(H,33,34,36)/t21-,23+/m0/s1. The fraction of sp³-hybridized carbons (Fsp3) is 0.367. The molecule has 0 unspecified atom stereocenters. The number of aryl methyl sites for hydroxylation is 1. The van der Waals surface area contributed by atoms with Crippen molar-refractivity contribution < 1.29 is 43.7 Å². The van der Waals surface area contributed by atoms with E-state index in [0.717, 1.165) is 5.56 Å². The van der Waals surface area contributed by atoms with Gasteiger partial charge in [-0.3, -0.25) is 24.0 Å². The van der Waals surface area contributed by atoms with Crippen molar-refractivity contribution in [3.05, 3.63) is 64.6 Å². The highest BCUT2D eigenvalue weighted by molar-refractivity contribution is 6.30. The fourth-order valence-electron chi connectivity index (χ4n) is 4.02. The maximum absolute atomic E-state index is 13.3. The van der Waals surface area contributed by atoms with Crippen LogP contribution < -0.4 is 10.6 Å². The summed E-state index contributed by atoms with van der Waals surface area (Å²) < 4.78 is 10.4. The summed E-state index contributed by atoms with van der Waals surface area (Å²) in [5, 5.41) is 23.9. The Bertz CT molecular complexity index is 1530. The number of aliphatic carboxylic acids is 2. The number of hydrogen-bond acceptors (Lipinski definition) is 10. The van der Waals surface area contributed by atoms with Gasteiger partial charge in [0, 0.05) is 23.0 Å². The Hall–Kier alpha value is -4.98. The van der Waals surface area contributed by atoms with Crippen LogP contribution in [0.2, 0.25) is 5.02 Å². The zero-order valence-electron chi connectivity index (χ0n) is 24.7. The molecule has 0 radical (unpaired) electrons. The highest BCUT2D eigenvalue weighted by Crippen LogP contribution is 2.24. The number of amides is 1. The number of carboxylic acids is 2. The van der Waals surface area contributed by atoms with E-state index in [1.54, 1.807) is 49.6 Å². The molecule has 0 aliphatic rings. The van der Waals surface area contributed by atoms with Crippen molar-refractivity contribution >= 4 is 47.3 Å². The fourth-order valence-corrected chi connectivity index (χ4v) is 4.22. The number of esters is 2. The van der Waals surface area contributed by atoms with Gasteiger partial charge in [0.15, 0.2) is 0 Å². The van der Waals surface area contributed by atoms with Crippen LogP contribution in [0.1, 0.15) is 66.7 Å². The first-order valence-electron chi connectivity index (χ1n) is 14.0. The molecular formula is C30H34ClN5O9. The Kier molecular flexibility index (Phi) is 12.8. The first kappa shape index (κ1) is 34.5. The van der Waals surface area contributed by atoms with Gasteiger partial charge in [-0.15, -0.1) is 0 Å². The molecule has 0 aliphatic carbocycles. The van der Waals surface area contributed by atoms with Crippen LogP contribution >= 0.6 is 11.6 Å². The second-order valence-electron chi connectivity index (χ2n) is 10.0. The van der Waals surface area contributed by atoms with Crippen molar-refractivity contribution in [3.8, 4) is 11.3 Å². The largest absolute Gasteiger partial charge is 0.481 e. The Labute approximate surface area is 263 Å². The van der Waals surface area contributed by atoms with Crippen LogP contribution in [0.25, 0.3) is 11.3 Å². The second kappa shape index (κ2) is 16.8. The number of ether oxygens (including phenoxy) is 2. The molecule has 0 aliphatic heterocycles. The van der Waals surface area contributed by atoms with E-state index in [2.05, 4.69) is 25.6 Å². The molecule has 1 aromatic carbocycles. The minimum absolute atomic E-state index is 0.00133. The summed E-state index contributed by atoms with van der Waals surface area (Å²) in [4.78, 5) is 70.3. The molecule has 2 heterocycles. The maximum Gasteiger partial charge on any atom is 0.306 e. The topological polar surface area (TPSA) is 210 Å². The Morgan fingerprint density at radius 2 is 1.64 bits per heavy atom. The van der Waals surface area contributed by atoms with Crippen LogP contribution in [-0.2, 0) is 28.7 Å². The van der Waals surface area contributed by atoms with Crippen LogP contribution in [0.3, 0.4) is 0 Å². The lowest BCUT2D eigenvalue weighted by atomic mass is 10.1. The minimum Gasteiger partial charge on any atom is -0.481 e. The molecule has 1 amide bonds. The van der Waals surface area contributed by atoms with Gasteiger partial charge in [0.05, 0.1) is 43.5 Å². The number of nitrogens with zero attached hydrogens (tertiary/aromatic N) is 2. The van der Waals surface area contributed by atoms with Crippen LogP contribution in [0.4, 0.5) is 5.95 Å². The molecule has 240 valence electrons. The van der Waals surface area contributed by atoms with Crippen LogP contribution in [0.5, 0.6) is 0 Å². The van der Waals surface area contributed by atoms with Gasteiger partial charge in [-0.25, -0.2) is 9.97 Å². The molecule has 2 aromatic heterocycles. The molecule has 5 N–H and O–H groups in total. The van der Waals surface area contributed by atoms with Gasteiger partial charge in [-0.05, 0) is 42.7 Å². The number of aromatic amines is 1. The van der Waals surface area contributed by atoms with E-state index in [9.17, 15) is 24.0 Å². The number of benzene rings is 1. The van der Waals surface area contributed by atoms with Crippen molar-refractivity contribution in [2.45, 2.75) is 58.0 Å². The van der Waals surface area contributed by atoms with Crippen LogP contribution in [-0.4, -0.2) is 74.2 Å². The molecule has 45 heavy (non-hydrogen) atoms. The monoisotopic (exact) mass is 643 g/mol. The van der Waals surface area contributed by atoms with Crippen LogP contribution in [0.15, 0.2) is 42.7 Å². The maximum atomic E-state index is 13.3. The van der Waals surface area contributed by atoms with Gasteiger partial charge in [0.1, 0.15) is 18.9 Å². The Balaban J connectivity index is 1.70. The highest BCUT2D eigenvalue weighted by Gasteiger charge is 2.21. The number of H-pyrrole nitrogens is 1. The predicted octanol–water partition coefficient (Wildman–Crippen LogP) is 3.91. The number of hydrogen-bond donors (Lipinski definition) is 5. The van der Waals surface area contributed by atoms with Crippen molar-refractivity contribution in [2.75, 3.05) is 18.5 Å². The highest BCUT2D eigenvalue weighted by atomic mass is 35.5. The SMILES string of the molecule is CC[C@@H](COC(=O)CCC(=O)O)Nc1ncc(C)c(-c2c[nH]c(C(=O)N[C@H](COC(=O)CCC(=O)O)c3cccc(Cl)c3)c2)n1. The summed E-state index contributed by atoms with van der Waals surface area (Å²) in [6.45, 7) is 3.44. The van der Waals surface area contributed by atoms with Crippen molar-refractivity contribution in [3.63, 3.8) is 0 Å². The number of aromatic nitrogens is 3. The van der Waals surface area contributed by atoms with E-state index in [4.69, 9.17) is 31.3 Å². The van der Waals surface area contributed by atoms with Crippen LogP contribution in [0, 0.1) is 6.92 Å². The number of carboxylic acid groups (broad SMARTS) is 2. The van der Waals surface area contributed by atoms with E-state index in [0.29, 0.717) is 28.3 Å². The number of carbonyl (C=O) groups is 5. The molecule has 3 aromatic rings. The molecule has 14 nitrogen and oxygen atoms in total. The summed E-state index contributed by atoms with van der Waals surface area (Å²) in [6, 6.07) is 7.17. The first-order valence-corrected chi connectivity index (χ1v) is 14.4. The van der Waals surface area contributed by atoms with E-state index in [1.165, 1.54) is 0 Å². The molecular weight excluding hydrogens is 610 g/mol. The molecule has 15 heteroatoms. The average molecular weight is 644 g/mol. The summed E-state index contributed by atoms with van der Waals surface area (Å²) in [7, 11) is 0. The smallest absolute Gasteiger partial charge is 0.306 e. The number of rotatable bonds is 17. The number of nitrogens with one attached hydrogen (secondary N) is 3. The van der Waals surface area contributed by atoms with E-state index in [-0.39, 0.29) is 56.6 Å². The molecule has 0 saturated heterocycles. The first-order chi connectivity index (χ1) is 21.4. The van der Waals surface area contributed by atoms with Crippen molar-refractivity contribution in [1.29, 1.82) is 0 Å². The van der Waals surface area contributed by atoms with E-state index in [1.807, 2.05) is 6.92 Å². The number of anilines is 1. The quantitative estimate of drug-likeness (QED) is 0.133. The lowest BCUT2D eigenvalue weighted by Crippen LogP contribution is -2.32. The zero-order valence-corrected chi connectivity index (χ0v) is 25.4. The molecule has 3 rings (SSSR count). The average Bonchev–Trinajstić information content (AvgIpc) is 3.50. The summed E-state index contributed by atoms with van der Waals surface area (Å²) >= 11 is 6.13. The number of carbonyl (C=O) groups excluding carboxylic acids is 3. The predicted molar refractivity (Wildman–Crippen MR) is 162 cm³/mol. The summed E-state index contributed by atoms with van der Waals surface area (Å²) in [5.74, 6) is -3.78. The normalized spacial score (nSPS) is 12.1. The number of halogens is 1. The third-order valence-electron chi connectivity index (χ3n) is 6.50. The Morgan fingerprint density at radius 3 is 2.27 bits per heavy atom. The Morgan fingerprint density at radius 1 is 0.978 bits per heavy atom. The van der Waals surface area contributed by atoms with Crippen molar-refractivity contribution in [1.82, 2.24) is 20.3 Å². The lowest BCUT2D eigenvalue weighted by molar-refractivity contribution is -0.148. The molecule has 0 bridgehead atoms. The second-order valence-corrected chi connectivity index (χ2v) is 10.4. The van der Waals surface area contributed by atoms with E-state index >= 15 is 0 Å². The van der Waals surface area contributed by atoms with Gasteiger partial charge in [0.2, 0.25) is 5.95 Å². The molecule has 0 fully saturated rings. The van der Waals surface area contributed by atoms with Gasteiger partial charge >= 0.3 is 23.9 Å². The molecule has 2 atom stereocenters. The summed E-state index contributed by atoms with van der Waals surface area (Å²) in [6.07, 6.45) is 2.56. The van der Waals surface area contributed by atoms with Gasteiger partial charge in [-0.2, -0.15) is 0 Å². The third kappa shape index (κ3) is 11.2. The summed E-state index contributed by atoms with van der Waals surface area (Å²) in [5.41, 5.74) is 2.63. The van der Waals surface area contributed by atoms with E-state index < -0.39 is 35.8 Å². The van der Waals surface area contributed by atoms with Gasteiger partial charge in [0.25, 0.3) is 5.91 Å².